The molecule has 0 aromatic heterocycles. The molecule has 1 saturated heterocycles. The largest absolute Gasteiger partial charge is 0.493 e. The third kappa shape index (κ3) is 6.75. The van der Waals surface area contributed by atoms with Crippen LogP contribution >= 0.6 is 50.9 Å². The van der Waals surface area contributed by atoms with Crippen LogP contribution in [0.15, 0.2) is 57.9 Å². The molecule has 0 spiro atoms. The number of hydrogen-bond acceptors (Lipinski definition) is 6. The second-order valence-electron chi connectivity index (χ2n) is 8.30. The Morgan fingerprint density at radius 2 is 1.92 bits per heavy atom. The molecule has 7 nitrogen and oxygen atoms in total. The van der Waals surface area contributed by atoms with E-state index in [0.717, 1.165) is 22.2 Å². The summed E-state index contributed by atoms with van der Waals surface area (Å²) in [5, 5.41) is 2.82. The van der Waals surface area contributed by atoms with Gasteiger partial charge in [0, 0.05) is 21.3 Å². The molecule has 1 aliphatic rings. The summed E-state index contributed by atoms with van der Waals surface area (Å²) < 4.78 is 25.8. The minimum absolute atomic E-state index is 0.0585. The second-order valence-corrected chi connectivity index (χ2v) is 11.0. The lowest BCUT2D eigenvalue weighted by Crippen LogP contribution is -2.28. The molecule has 3 aromatic rings. The molecule has 0 unspecified atom stereocenters. The van der Waals surface area contributed by atoms with Crippen LogP contribution in [0.5, 0.6) is 11.5 Å². The number of nitrogens with one attached hydrogen (secondary N) is 1. The first-order valence-corrected chi connectivity index (χ1v) is 13.7. The summed E-state index contributed by atoms with van der Waals surface area (Å²) in [4.78, 5) is 39.0. The third-order valence-electron chi connectivity index (χ3n) is 5.60. The van der Waals surface area contributed by atoms with Gasteiger partial charge in [-0.1, -0.05) is 35.3 Å². The molecule has 1 fully saturated rings. The van der Waals surface area contributed by atoms with Gasteiger partial charge in [-0.15, -0.1) is 0 Å². The Balaban J connectivity index is 1.48. The number of aryl methyl sites for hydroxylation is 1. The van der Waals surface area contributed by atoms with E-state index in [1.807, 2.05) is 6.92 Å². The summed E-state index contributed by atoms with van der Waals surface area (Å²) in [6.45, 7) is 1.26. The van der Waals surface area contributed by atoms with Crippen molar-refractivity contribution in [1.29, 1.82) is 0 Å². The van der Waals surface area contributed by atoms with Crippen LogP contribution < -0.4 is 14.8 Å². The molecule has 12 heteroatoms. The molecule has 0 radical (unpaired) electrons. The zero-order valence-electron chi connectivity index (χ0n) is 20.5. The summed E-state index contributed by atoms with van der Waals surface area (Å²) in [6.07, 6.45) is 1.51. The van der Waals surface area contributed by atoms with E-state index in [2.05, 4.69) is 21.2 Å². The van der Waals surface area contributed by atoms with Crippen LogP contribution in [-0.4, -0.2) is 35.7 Å². The number of hydrogen-bond donors (Lipinski definition) is 1. The van der Waals surface area contributed by atoms with E-state index in [9.17, 15) is 18.8 Å². The van der Waals surface area contributed by atoms with Gasteiger partial charge in [0.25, 0.3) is 17.1 Å². The molecule has 1 N–H and O–H groups in total. The fourth-order valence-electron chi connectivity index (χ4n) is 3.60. The lowest BCUT2D eigenvalue weighted by Gasteiger charge is -2.14. The number of imide groups is 1. The van der Waals surface area contributed by atoms with Crippen LogP contribution in [0.3, 0.4) is 0 Å². The van der Waals surface area contributed by atoms with Crippen molar-refractivity contribution >= 4 is 79.7 Å². The van der Waals surface area contributed by atoms with Gasteiger partial charge in [0.15, 0.2) is 18.1 Å². The highest BCUT2D eigenvalue weighted by Crippen LogP contribution is 2.39. The smallest absolute Gasteiger partial charge is 0.293 e. The SMILES string of the molecule is COc1cc(/C=C2\SC(=O)N(Cc3c(F)cccc3Cl)C2=O)cc(Br)c1OCC(=O)Nc1ccc(C)c(Cl)c1. The molecular weight excluding hydrogens is 634 g/mol. The van der Waals surface area contributed by atoms with E-state index in [1.54, 1.807) is 30.3 Å². The highest BCUT2D eigenvalue weighted by molar-refractivity contribution is 9.10. The highest BCUT2D eigenvalue weighted by Gasteiger charge is 2.36. The van der Waals surface area contributed by atoms with Gasteiger partial charge in [0.2, 0.25) is 0 Å². The summed E-state index contributed by atoms with van der Waals surface area (Å²) in [7, 11) is 1.43. The second kappa shape index (κ2) is 12.4. The molecule has 202 valence electrons. The summed E-state index contributed by atoms with van der Waals surface area (Å²) in [6, 6.07) is 12.6. The molecule has 3 aromatic carbocycles. The topological polar surface area (TPSA) is 84.9 Å². The lowest BCUT2D eigenvalue weighted by atomic mass is 10.1. The standard InChI is InChI=1S/C27H20BrCl2FN2O5S/c1-14-6-7-16(11-20(14)30)32-24(34)13-38-25-18(28)8-15(9-22(25)37-2)10-23-26(35)33(27(36)39-23)12-17-19(29)4-3-5-21(17)31/h3-11H,12-13H2,1-2H3,(H,32,34)/b23-10-. The molecule has 0 saturated carbocycles. The number of benzene rings is 3. The van der Waals surface area contributed by atoms with E-state index in [1.165, 1.54) is 31.4 Å². The number of anilines is 1. The van der Waals surface area contributed by atoms with Gasteiger partial charge >= 0.3 is 0 Å². The van der Waals surface area contributed by atoms with Gasteiger partial charge in [-0.3, -0.25) is 19.3 Å². The van der Waals surface area contributed by atoms with E-state index in [-0.39, 0.29) is 34.4 Å². The number of carbonyl (C=O) groups excluding carboxylic acids is 3. The van der Waals surface area contributed by atoms with Crippen LogP contribution in [0.1, 0.15) is 16.7 Å². The van der Waals surface area contributed by atoms with Crippen molar-refractivity contribution in [3.63, 3.8) is 0 Å². The molecule has 39 heavy (non-hydrogen) atoms. The van der Waals surface area contributed by atoms with Crippen LogP contribution in [-0.2, 0) is 16.1 Å². The van der Waals surface area contributed by atoms with Gasteiger partial charge in [-0.25, -0.2) is 4.39 Å². The summed E-state index contributed by atoms with van der Waals surface area (Å²) in [5.41, 5.74) is 2.01. The Morgan fingerprint density at radius 1 is 1.15 bits per heavy atom. The fourth-order valence-corrected chi connectivity index (χ4v) is 5.41. The average molecular weight is 654 g/mol. The Hall–Kier alpha value is -3.05. The number of amides is 3. The molecule has 1 heterocycles. The third-order valence-corrected chi connectivity index (χ3v) is 7.86. The Kier molecular flexibility index (Phi) is 9.22. The first-order valence-electron chi connectivity index (χ1n) is 11.3. The maximum atomic E-state index is 14.2. The number of carbonyl (C=O) groups is 3. The number of halogens is 4. The van der Waals surface area contributed by atoms with Crippen molar-refractivity contribution in [2.45, 2.75) is 13.5 Å². The van der Waals surface area contributed by atoms with Gasteiger partial charge in [-0.2, -0.15) is 0 Å². The fraction of sp³-hybridized carbons (Fsp3) is 0.148. The quantitative estimate of drug-likeness (QED) is 0.254. The maximum Gasteiger partial charge on any atom is 0.293 e. The number of nitrogens with zero attached hydrogens (tertiary/aromatic N) is 1. The van der Waals surface area contributed by atoms with Crippen LogP contribution in [0.4, 0.5) is 14.9 Å². The number of rotatable bonds is 8. The Bertz CT molecular complexity index is 1500. The summed E-state index contributed by atoms with van der Waals surface area (Å²) in [5.74, 6) is -1.02. The van der Waals surface area contributed by atoms with Crippen molar-refractivity contribution in [1.82, 2.24) is 4.90 Å². The number of thioether (sulfide) groups is 1. The monoisotopic (exact) mass is 652 g/mol. The number of methoxy groups -OCH3 is 1. The maximum absolute atomic E-state index is 14.2. The molecule has 3 amide bonds. The Labute approximate surface area is 246 Å². The Morgan fingerprint density at radius 3 is 2.62 bits per heavy atom. The van der Waals surface area contributed by atoms with Crippen LogP contribution in [0.2, 0.25) is 10.0 Å². The first-order chi connectivity index (χ1) is 18.6. The zero-order valence-corrected chi connectivity index (χ0v) is 24.4. The van der Waals surface area contributed by atoms with E-state index >= 15 is 0 Å². The van der Waals surface area contributed by atoms with Crippen molar-refractivity contribution < 1.29 is 28.2 Å². The first kappa shape index (κ1) is 28.9. The van der Waals surface area contributed by atoms with Gasteiger partial charge in [0.1, 0.15) is 5.82 Å². The van der Waals surface area contributed by atoms with Crippen LogP contribution in [0, 0.1) is 12.7 Å². The van der Waals surface area contributed by atoms with Gasteiger partial charge in [-0.05, 0) is 88.2 Å². The molecule has 0 atom stereocenters. The minimum Gasteiger partial charge on any atom is -0.493 e. The van der Waals surface area contributed by atoms with Crippen molar-refractivity contribution in [3.05, 3.63) is 90.5 Å². The predicted octanol–water partition coefficient (Wildman–Crippen LogP) is 7.47. The minimum atomic E-state index is -0.605. The highest BCUT2D eigenvalue weighted by atomic mass is 79.9. The lowest BCUT2D eigenvalue weighted by molar-refractivity contribution is -0.123. The van der Waals surface area contributed by atoms with Crippen molar-refractivity contribution in [2.24, 2.45) is 0 Å². The van der Waals surface area contributed by atoms with Gasteiger partial charge in [0.05, 0.1) is 23.0 Å². The van der Waals surface area contributed by atoms with Crippen molar-refractivity contribution in [3.8, 4) is 11.5 Å². The van der Waals surface area contributed by atoms with Crippen LogP contribution in [0.25, 0.3) is 6.08 Å². The zero-order chi connectivity index (χ0) is 28.3. The normalized spacial score (nSPS) is 14.2. The van der Waals surface area contributed by atoms with E-state index in [0.29, 0.717) is 26.5 Å². The average Bonchev–Trinajstić information content (AvgIpc) is 3.14. The molecule has 0 bridgehead atoms. The molecule has 1 aliphatic heterocycles. The summed E-state index contributed by atoms with van der Waals surface area (Å²) >= 11 is 16.3. The van der Waals surface area contributed by atoms with Gasteiger partial charge < -0.3 is 14.8 Å². The number of ether oxygens (including phenoxy) is 2. The van der Waals surface area contributed by atoms with Crippen molar-refractivity contribution in [2.75, 3.05) is 19.0 Å². The van der Waals surface area contributed by atoms with E-state index < -0.39 is 22.9 Å². The molecule has 0 aliphatic carbocycles. The molecule has 4 rings (SSSR count). The molecular formula is C27H20BrCl2FN2O5S. The predicted molar refractivity (Wildman–Crippen MR) is 154 cm³/mol. The van der Waals surface area contributed by atoms with E-state index in [4.69, 9.17) is 32.7 Å².